The zero-order chi connectivity index (χ0) is 20.6. The van der Waals surface area contributed by atoms with Crippen molar-refractivity contribution >= 4 is 56.0 Å². The molecule has 0 aliphatic heterocycles. The minimum absolute atomic E-state index is 0.254. The van der Waals surface area contributed by atoms with Gasteiger partial charge in [-0.05, 0) is 55.5 Å². The fraction of sp³-hybridized carbons (Fsp3) is 0.0952. The number of thiazole rings is 1. The van der Waals surface area contributed by atoms with Gasteiger partial charge in [0.15, 0.2) is 5.13 Å². The fourth-order valence-corrected chi connectivity index (χ4v) is 3.35. The zero-order valence-corrected chi connectivity index (χ0v) is 17.9. The van der Waals surface area contributed by atoms with Crippen LogP contribution in [0.1, 0.15) is 22.8 Å². The third-order valence-electron chi connectivity index (χ3n) is 3.75. The van der Waals surface area contributed by atoms with E-state index in [4.69, 9.17) is 4.74 Å². The number of hydrogen-bond donors (Lipinski definition) is 2. The molecule has 148 valence electrons. The standard InChI is InChI=1S/C21H18BrN3O3S/c1-2-28-18-9-6-16(22)13-15(18)5-10-19(26)24-17-7-3-14(4-8-17)20(27)25-21-23-11-12-29-21/h3-13H,2H2,1H3,(H,24,26)(H,23,25,27)/b10-5+. The number of benzene rings is 2. The van der Waals surface area contributed by atoms with E-state index in [1.165, 1.54) is 17.4 Å². The highest BCUT2D eigenvalue weighted by Gasteiger charge is 2.08. The average molecular weight is 472 g/mol. The van der Waals surface area contributed by atoms with Gasteiger partial charge in [0.05, 0.1) is 6.61 Å². The Morgan fingerprint density at radius 3 is 2.66 bits per heavy atom. The molecular weight excluding hydrogens is 454 g/mol. The molecule has 0 aliphatic carbocycles. The molecule has 2 amide bonds. The molecule has 3 aromatic rings. The fourth-order valence-electron chi connectivity index (χ4n) is 2.45. The average Bonchev–Trinajstić information content (AvgIpc) is 3.22. The summed E-state index contributed by atoms with van der Waals surface area (Å²) in [6.45, 7) is 2.44. The van der Waals surface area contributed by atoms with Crippen LogP contribution in [0.2, 0.25) is 0 Å². The summed E-state index contributed by atoms with van der Waals surface area (Å²) < 4.78 is 6.47. The van der Waals surface area contributed by atoms with Crippen LogP contribution in [0.15, 0.2) is 64.6 Å². The third kappa shape index (κ3) is 6.00. The van der Waals surface area contributed by atoms with E-state index in [9.17, 15) is 9.59 Å². The van der Waals surface area contributed by atoms with Crippen LogP contribution in [0.25, 0.3) is 6.08 Å². The normalized spacial score (nSPS) is 10.7. The summed E-state index contributed by atoms with van der Waals surface area (Å²) in [6.07, 6.45) is 4.76. The van der Waals surface area contributed by atoms with Crippen LogP contribution in [-0.2, 0) is 4.79 Å². The predicted octanol–water partition coefficient (Wildman–Crippen LogP) is 5.21. The first kappa shape index (κ1) is 20.8. The number of amides is 2. The lowest BCUT2D eigenvalue weighted by Crippen LogP contribution is -2.12. The summed E-state index contributed by atoms with van der Waals surface area (Å²) in [7, 11) is 0. The molecule has 0 fully saturated rings. The first-order chi connectivity index (χ1) is 14.0. The first-order valence-electron chi connectivity index (χ1n) is 8.77. The van der Waals surface area contributed by atoms with E-state index in [1.54, 1.807) is 41.9 Å². The van der Waals surface area contributed by atoms with Crippen molar-refractivity contribution in [3.05, 3.63) is 75.7 Å². The molecule has 8 heteroatoms. The van der Waals surface area contributed by atoms with E-state index in [0.29, 0.717) is 28.7 Å². The Kier molecular flexibility index (Phi) is 7.15. The summed E-state index contributed by atoms with van der Waals surface area (Å²) >= 11 is 4.77. The van der Waals surface area contributed by atoms with Gasteiger partial charge >= 0.3 is 0 Å². The molecule has 0 unspecified atom stereocenters. The SMILES string of the molecule is CCOc1ccc(Br)cc1/C=C/C(=O)Nc1ccc(C(=O)Nc2nccs2)cc1. The zero-order valence-electron chi connectivity index (χ0n) is 15.5. The van der Waals surface area contributed by atoms with Gasteiger partial charge in [-0.25, -0.2) is 4.98 Å². The van der Waals surface area contributed by atoms with Crippen molar-refractivity contribution in [1.29, 1.82) is 0 Å². The van der Waals surface area contributed by atoms with Gasteiger partial charge in [0.2, 0.25) is 5.91 Å². The number of carbonyl (C=O) groups excluding carboxylic acids is 2. The van der Waals surface area contributed by atoms with Crippen molar-refractivity contribution < 1.29 is 14.3 Å². The molecule has 1 heterocycles. The van der Waals surface area contributed by atoms with E-state index in [0.717, 1.165) is 10.0 Å². The van der Waals surface area contributed by atoms with E-state index in [-0.39, 0.29) is 11.8 Å². The number of halogens is 1. The van der Waals surface area contributed by atoms with Crippen LogP contribution in [0.3, 0.4) is 0 Å². The van der Waals surface area contributed by atoms with Crippen LogP contribution in [0, 0.1) is 0 Å². The van der Waals surface area contributed by atoms with Crippen molar-refractivity contribution in [3.63, 3.8) is 0 Å². The predicted molar refractivity (Wildman–Crippen MR) is 119 cm³/mol. The Labute approximate surface area is 180 Å². The molecule has 0 saturated carbocycles. The quantitative estimate of drug-likeness (QED) is 0.463. The van der Waals surface area contributed by atoms with Gasteiger partial charge in [-0.3, -0.25) is 14.9 Å². The molecule has 0 bridgehead atoms. The molecule has 0 aliphatic rings. The summed E-state index contributed by atoms with van der Waals surface area (Å²) in [5, 5.41) is 7.80. The molecule has 3 rings (SSSR count). The molecule has 2 aromatic carbocycles. The second-order valence-electron chi connectivity index (χ2n) is 5.81. The molecule has 6 nitrogen and oxygen atoms in total. The van der Waals surface area contributed by atoms with Crippen molar-refractivity contribution in [3.8, 4) is 5.75 Å². The van der Waals surface area contributed by atoms with Crippen LogP contribution in [0.5, 0.6) is 5.75 Å². The number of nitrogens with one attached hydrogen (secondary N) is 2. The Morgan fingerprint density at radius 2 is 1.97 bits per heavy atom. The highest BCUT2D eigenvalue weighted by molar-refractivity contribution is 9.10. The van der Waals surface area contributed by atoms with Gasteiger partial charge in [-0.2, -0.15) is 0 Å². The maximum Gasteiger partial charge on any atom is 0.257 e. The van der Waals surface area contributed by atoms with E-state index >= 15 is 0 Å². The highest BCUT2D eigenvalue weighted by atomic mass is 79.9. The van der Waals surface area contributed by atoms with Gasteiger partial charge in [-0.1, -0.05) is 15.9 Å². The summed E-state index contributed by atoms with van der Waals surface area (Å²) in [5.74, 6) is 0.165. The minimum atomic E-state index is -0.285. The number of rotatable bonds is 7. The number of ether oxygens (including phenoxy) is 1. The summed E-state index contributed by atoms with van der Waals surface area (Å²) in [6, 6.07) is 12.2. The summed E-state index contributed by atoms with van der Waals surface area (Å²) in [4.78, 5) is 28.4. The van der Waals surface area contributed by atoms with Crippen molar-refractivity contribution in [2.45, 2.75) is 6.92 Å². The van der Waals surface area contributed by atoms with Gasteiger partial charge in [0.1, 0.15) is 5.75 Å². The van der Waals surface area contributed by atoms with Crippen molar-refractivity contribution in [1.82, 2.24) is 4.98 Å². The molecular formula is C21H18BrN3O3S. The molecule has 0 spiro atoms. The smallest absolute Gasteiger partial charge is 0.257 e. The largest absolute Gasteiger partial charge is 0.493 e. The number of aromatic nitrogens is 1. The Balaban J connectivity index is 1.61. The minimum Gasteiger partial charge on any atom is -0.493 e. The Morgan fingerprint density at radius 1 is 1.17 bits per heavy atom. The molecule has 0 radical (unpaired) electrons. The topological polar surface area (TPSA) is 80.3 Å². The first-order valence-corrected chi connectivity index (χ1v) is 10.4. The van der Waals surface area contributed by atoms with Gasteiger partial charge < -0.3 is 10.1 Å². The Hall–Kier alpha value is -2.97. The second-order valence-corrected chi connectivity index (χ2v) is 7.62. The number of nitrogens with zero attached hydrogens (tertiary/aromatic N) is 1. The Bertz CT molecular complexity index is 1020. The van der Waals surface area contributed by atoms with E-state index in [1.807, 2.05) is 25.1 Å². The maximum atomic E-state index is 12.2. The maximum absolute atomic E-state index is 12.2. The van der Waals surface area contributed by atoms with Crippen LogP contribution >= 0.6 is 27.3 Å². The molecule has 1 aromatic heterocycles. The lowest BCUT2D eigenvalue weighted by Gasteiger charge is -2.08. The van der Waals surface area contributed by atoms with Crippen LogP contribution in [-0.4, -0.2) is 23.4 Å². The third-order valence-corrected chi connectivity index (χ3v) is 4.94. The molecule has 0 saturated heterocycles. The van der Waals surface area contributed by atoms with E-state index in [2.05, 4.69) is 31.5 Å². The van der Waals surface area contributed by atoms with Gasteiger partial charge in [0.25, 0.3) is 5.91 Å². The summed E-state index contributed by atoms with van der Waals surface area (Å²) in [5.41, 5.74) is 1.86. The number of hydrogen-bond acceptors (Lipinski definition) is 5. The second kappa shape index (κ2) is 9.99. The lowest BCUT2D eigenvalue weighted by molar-refractivity contribution is -0.111. The molecule has 2 N–H and O–H groups in total. The van der Waals surface area contributed by atoms with Crippen molar-refractivity contribution in [2.24, 2.45) is 0 Å². The molecule has 0 atom stereocenters. The van der Waals surface area contributed by atoms with Crippen LogP contribution < -0.4 is 15.4 Å². The van der Waals surface area contributed by atoms with Crippen molar-refractivity contribution in [2.75, 3.05) is 17.2 Å². The van der Waals surface area contributed by atoms with Gasteiger partial charge in [-0.15, -0.1) is 11.3 Å². The van der Waals surface area contributed by atoms with Gasteiger partial charge in [0, 0.05) is 38.9 Å². The van der Waals surface area contributed by atoms with Crippen LogP contribution in [0.4, 0.5) is 10.8 Å². The monoisotopic (exact) mass is 471 g/mol. The molecule has 29 heavy (non-hydrogen) atoms. The number of anilines is 2. The highest BCUT2D eigenvalue weighted by Crippen LogP contribution is 2.24. The number of carbonyl (C=O) groups is 2. The van der Waals surface area contributed by atoms with E-state index < -0.39 is 0 Å². The lowest BCUT2D eigenvalue weighted by atomic mass is 10.1.